The molecule has 1 saturated heterocycles. The van der Waals surface area contributed by atoms with Crippen molar-refractivity contribution in [1.29, 1.82) is 0 Å². The fourth-order valence-electron chi connectivity index (χ4n) is 2.26. The van der Waals surface area contributed by atoms with Gasteiger partial charge < -0.3 is 19.3 Å². The second-order valence-corrected chi connectivity index (χ2v) is 6.25. The van der Waals surface area contributed by atoms with Crippen molar-refractivity contribution in [3.8, 4) is 11.5 Å². The maximum absolute atomic E-state index is 11.9. The summed E-state index contributed by atoms with van der Waals surface area (Å²) < 4.78 is 16.2. The first-order valence-corrected chi connectivity index (χ1v) is 8.63. The van der Waals surface area contributed by atoms with E-state index in [-0.39, 0.29) is 18.2 Å². The van der Waals surface area contributed by atoms with E-state index in [1.807, 2.05) is 4.90 Å². The minimum atomic E-state index is -1.09. The number of morpholine rings is 1. The minimum Gasteiger partial charge on any atom is -0.493 e. The summed E-state index contributed by atoms with van der Waals surface area (Å²) in [5, 5.41) is 12.7. The zero-order chi connectivity index (χ0) is 18.9. The number of carbonyl (C=O) groups excluding carboxylic acids is 1. The standard InChI is InChI=1S/C16H20BrN3O6/c1-24-13-7-11(6-12(17)16(13)26-10-15(22)23)8-18-19-14(21)9-20-2-4-25-5-3-20/h6-8H,2-5,9-10H2,1H3,(H,19,21)(H,22,23)/b18-8+. The van der Waals surface area contributed by atoms with E-state index in [9.17, 15) is 9.59 Å². The Bertz CT molecular complexity index is 676. The molecule has 0 bridgehead atoms. The molecule has 2 N–H and O–H groups in total. The van der Waals surface area contributed by atoms with Gasteiger partial charge in [-0.05, 0) is 33.6 Å². The summed E-state index contributed by atoms with van der Waals surface area (Å²) in [5.74, 6) is -0.673. The van der Waals surface area contributed by atoms with Crippen molar-refractivity contribution in [2.75, 3.05) is 46.6 Å². The molecule has 0 spiro atoms. The van der Waals surface area contributed by atoms with Crippen LogP contribution in [-0.2, 0) is 14.3 Å². The van der Waals surface area contributed by atoms with Crippen molar-refractivity contribution < 1.29 is 28.9 Å². The first-order valence-electron chi connectivity index (χ1n) is 7.83. The van der Waals surface area contributed by atoms with Crippen LogP contribution in [-0.4, -0.2) is 74.7 Å². The monoisotopic (exact) mass is 429 g/mol. The molecule has 26 heavy (non-hydrogen) atoms. The number of halogens is 1. The molecular weight excluding hydrogens is 410 g/mol. The largest absolute Gasteiger partial charge is 0.493 e. The molecule has 1 aliphatic heterocycles. The minimum absolute atomic E-state index is 0.212. The SMILES string of the molecule is COc1cc(/C=N/NC(=O)CN2CCOCC2)cc(Br)c1OCC(=O)O. The fourth-order valence-corrected chi connectivity index (χ4v) is 2.84. The average molecular weight is 430 g/mol. The molecule has 0 unspecified atom stereocenters. The van der Waals surface area contributed by atoms with Crippen molar-refractivity contribution in [3.05, 3.63) is 22.2 Å². The summed E-state index contributed by atoms with van der Waals surface area (Å²) in [4.78, 5) is 24.5. The van der Waals surface area contributed by atoms with Gasteiger partial charge in [-0.1, -0.05) is 0 Å². The predicted molar refractivity (Wildman–Crippen MR) is 96.8 cm³/mol. The Kier molecular flexibility index (Phi) is 7.82. The molecule has 1 aliphatic rings. The zero-order valence-electron chi connectivity index (χ0n) is 14.2. The van der Waals surface area contributed by atoms with E-state index >= 15 is 0 Å². The van der Waals surface area contributed by atoms with E-state index in [1.54, 1.807) is 12.1 Å². The van der Waals surface area contributed by atoms with Gasteiger partial charge in [-0.2, -0.15) is 5.10 Å². The molecule has 1 aromatic carbocycles. The Morgan fingerprint density at radius 3 is 2.81 bits per heavy atom. The molecule has 2 rings (SSSR count). The van der Waals surface area contributed by atoms with Crippen molar-refractivity contribution in [2.45, 2.75) is 0 Å². The molecular formula is C16H20BrN3O6. The zero-order valence-corrected chi connectivity index (χ0v) is 15.8. The number of methoxy groups -OCH3 is 1. The highest BCUT2D eigenvalue weighted by Crippen LogP contribution is 2.36. The number of carbonyl (C=O) groups is 2. The van der Waals surface area contributed by atoms with Gasteiger partial charge in [0.1, 0.15) is 0 Å². The third kappa shape index (κ3) is 6.28. The lowest BCUT2D eigenvalue weighted by atomic mass is 10.2. The Labute approximate surface area is 159 Å². The summed E-state index contributed by atoms with van der Waals surface area (Å²) in [5.41, 5.74) is 3.11. The number of carboxylic acids is 1. The number of ether oxygens (including phenoxy) is 3. The third-order valence-electron chi connectivity index (χ3n) is 3.47. The van der Waals surface area contributed by atoms with Gasteiger partial charge in [-0.25, -0.2) is 10.2 Å². The van der Waals surface area contributed by atoms with E-state index in [0.717, 1.165) is 13.1 Å². The Morgan fingerprint density at radius 1 is 1.42 bits per heavy atom. The Balaban J connectivity index is 1.95. The molecule has 0 aromatic heterocycles. The number of nitrogens with zero attached hydrogens (tertiary/aromatic N) is 2. The van der Waals surface area contributed by atoms with E-state index < -0.39 is 12.6 Å². The average Bonchev–Trinajstić information content (AvgIpc) is 2.61. The van der Waals surface area contributed by atoms with Gasteiger partial charge in [0.05, 0.1) is 37.6 Å². The summed E-state index contributed by atoms with van der Waals surface area (Å²) in [7, 11) is 1.44. The molecule has 0 saturated carbocycles. The van der Waals surface area contributed by atoms with Crippen LogP contribution in [0.1, 0.15) is 5.56 Å². The number of hydrazone groups is 1. The van der Waals surface area contributed by atoms with Crippen LogP contribution in [0.3, 0.4) is 0 Å². The topological polar surface area (TPSA) is 110 Å². The van der Waals surface area contributed by atoms with Gasteiger partial charge >= 0.3 is 5.97 Å². The summed E-state index contributed by atoms with van der Waals surface area (Å²) in [6.45, 7) is 2.47. The summed E-state index contributed by atoms with van der Waals surface area (Å²) in [6, 6.07) is 3.30. The number of hydrogen-bond donors (Lipinski definition) is 2. The van der Waals surface area contributed by atoms with Crippen LogP contribution < -0.4 is 14.9 Å². The highest BCUT2D eigenvalue weighted by atomic mass is 79.9. The van der Waals surface area contributed by atoms with Crippen LogP contribution >= 0.6 is 15.9 Å². The highest BCUT2D eigenvalue weighted by molar-refractivity contribution is 9.10. The Morgan fingerprint density at radius 2 is 2.15 bits per heavy atom. The van der Waals surface area contributed by atoms with Crippen molar-refractivity contribution >= 4 is 34.0 Å². The summed E-state index contributed by atoms with van der Waals surface area (Å²) >= 11 is 3.31. The van der Waals surface area contributed by atoms with Gasteiger partial charge in [0.2, 0.25) is 0 Å². The number of amides is 1. The lowest BCUT2D eigenvalue weighted by Gasteiger charge is -2.25. The maximum atomic E-state index is 11.9. The number of aliphatic carboxylic acids is 1. The van der Waals surface area contributed by atoms with Crippen LogP contribution in [0.2, 0.25) is 0 Å². The molecule has 0 aliphatic carbocycles. The normalized spacial score (nSPS) is 15.0. The second-order valence-electron chi connectivity index (χ2n) is 5.40. The third-order valence-corrected chi connectivity index (χ3v) is 4.05. The van der Waals surface area contributed by atoms with Gasteiger partial charge in [-0.3, -0.25) is 9.69 Å². The maximum Gasteiger partial charge on any atom is 0.341 e. The molecule has 1 heterocycles. The number of nitrogens with one attached hydrogen (secondary N) is 1. The van der Waals surface area contributed by atoms with Gasteiger partial charge in [0.25, 0.3) is 5.91 Å². The predicted octanol–water partition coefficient (Wildman–Crippen LogP) is 0.703. The second kappa shape index (κ2) is 10.1. The number of carboxylic acid groups (broad SMARTS) is 1. The van der Waals surface area contributed by atoms with Gasteiger partial charge in [0, 0.05) is 13.1 Å². The molecule has 9 nitrogen and oxygen atoms in total. The van der Waals surface area contributed by atoms with Crippen LogP contribution in [0.25, 0.3) is 0 Å². The highest BCUT2D eigenvalue weighted by Gasteiger charge is 2.14. The first-order chi connectivity index (χ1) is 12.5. The van der Waals surface area contributed by atoms with E-state index in [4.69, 9.17) is 19.3 Å². The van der Waals surface area contributed by atoms with Crippen LogP contribution in [0.5, 0.6) is 11.5 Å². The molecule has 1 fully saturated rings. The van der Waals surface area contributed by atoms with Crippen LogP contribution in [0.15, 0.2) is 21.7 Å². The molecule has 1 aromatic rings. The number of benzene rings is 1. The molecule has 142 valence electrons. The van der Waals surface area contributed by atoms with Crippen molar-refractivity contribution in [2.24, 2.45) is 5.10 Å². The number of hydrogen-bond acceptors (Lipinski definition) is 7. The molecule has 0 radical (unpaired) electrons. The molecule has 1 amide bonds. The smallest absolute Gasteiger partial charge is 0.341 e. The Hall–Kier alpha value is -2.17. The number of rotatable bonds is 8. The van der Waals surface area contributed by atoms with E-state index in [0.29, 0.717) is 29.0 Å². The van der Waals surface area contributed by atoms with Gasteiger partial charge in [-0.15, -0.1) is 0 Å². The molecule has 10 heteroatoms. The van der Waals surface area contributed by atoms with Crippen molar-refractivity contribution in [3.63, 3.8) is 0 Å². The summed E-state index contributed by atoms with van der Waals surface area (Å²) in [6.07, 6.45) is 1.46. The lowest BCUT2D eigenvalue weighted by Crippen LogP contribution is -2.42. The molecule has 0 atom stereocenters. The van der Waals surface area contributed by atoms with E-state index in [1.165, 1.54) is 13.3 Å². The first kappa shape index (κ1) is 20.1. The van der Waals surface area contributed by atoms with E-state index in [2.05, 4.69) is 26.5 Å². The van der Waals surface area contributed by atoms with Crippen LogP contribution in [0.4, 0.5) is 0 Å². The lowest BCUT2D eigenvalue weighted by molar-refractivity contribution is -0.139. The quantitative estimate of drug-likeness (QED) is 0.462. The fraction of sp³-hybridized carbons (Fsp3) is 0.438. The van der Waals surface area contributed by atoms with Crippen molar-refractivity contribution in [1.82, 2.24) is 10.3 Å². The van der Waals surface area contributed by atoms with Crippen LogP contribution in [0, 0.1) is 0 Å². The van der Waals surface area contributed by atoms with Gasteiger partial charge in [0.15, 0.2) is 18.1 Å².